The Hall–Kier alpha value is -1.24. The molecule has 0 saturated carbocycles. The third kappa shape index (κ3) is 2.86. The molecule has 0 saturated heterocycles. The van der Waals surface area contributed by atoms with Crippen LogP contribution in [0.15, 0.2) is 5.38 Å². The maximum Gasteiger partial charge on any atom is 0.188 e. The van der Waals surface area contributed by atoms with Gasteiger partial charge in [-0.05, 0) is 13.8 Å². The van der Waals surface area contributed by atoms with Crippen molar-refractivity contribution in [3.05, 3.63) is 32.5 Å². The number of carbonyl (C=O) groups excluding carboxylic acids is 1. The Morgan fingerprint density at radius 2 is 2.32 bits per heavy atom. The van der Waals surface area contributed by atoms with Crippen molar-refractivity contribution in [1.82, 2.24) is 14.8 Å². The first-order valence-electron chi connectivity index (χ1n) is 5.96. The van der Waals surface area contributed by atoms with Crippen LogP contribution in [0.25, 0.3) is 0 Å². The van der Waals surface area contributed by atoms with E-state index in [1.807, 2.05) is 13.8 Å². The summed E-state index contributed by atoms with van der Waals surface area (Å²) in [7, 11) is 0. The number of halogens is 1. The van der Waals surface area contributed by atoms with Crippen molar-refractivity contribution in [2.24, 2.45) is 5.73 Å². The van der Waals surface area contributed by atoms with Crippen LogP contribution in [0.5, 0.6) is 0 Å². The second-order valence-electron chi connectivity index (χ2n) is 4.09. The fraction of sp³-hybridized carbons (Fsp3) is 0.417. The molecule has 2 aromatic rings. The summed E-state index contributed by atoms with van der Waals surface area (Å²) in [5.41, 5.74) is 7.42. The summed E-state index contributed by atoms with van der Waals surface area (Å²) in [5.74, 6) is -0.0625. The van der Waals surface area contributed by atoms with Gasteiger partial charge >= 0.3 is 0 Å². The van der Waals surface area contributed by atoms with Gasteiger partial charge in [-0.1, -0.05) is 11.6 Å². The topological polar surface area (TPSA) is 73.8 Å². The number of nitrogens with two attached hydrogens (primary N) is 1. The highest BCUT2D eigenvalue weighted by Gasteiger charge is 2.18. The van der Waals surface area contributed by atoms with E-state index in [4.69, 9.17) is 17.3 Å². The van der Waals surface area contributed by atoms with Crippen molar-refractivity contribution in [3.63, 3.8) is 0 Å². The summed E-state index contributed by atoms with van der Waals surface area (Å²) in [6.45, 7) is 4.83. The van der Waals surface area contributed by atoms with Gasteiger partial charge in [-0.25, -0.2) is 4.98 Å². The van der Waals surface area contributed by atoms with Gasteiger partial charge in [0, 0.05) is 18.5 Å². The number of hydrogen-bond acceptors (Lipinski definition) is 5. The molecule has 0 bridgehead atoms. The number of aromatic nitrogens is 3. The lowest BCUT2D eigenvalue weighted by Gasteiger charge is -2.03. The molecule has 0 fully saturated rings. The molecule has 102 valence electrons. The molecule has 0 aliphatic carbocycles. The number of carbonyl (C=O) groups is 1. The standard InChI is InChI=1S/C12H15ClN4OS/c1-3-17-9(12(13)7(2)16-17)4-10(18)8-6-19-11(5-14)15-8/h6H,3-5,14H2,1-2H3. The van der Waals surface area contributed by atoms with Gasteiger partial charge in [-0.15, -0.1) is 11.3 Å². The number of Topliss-reactive ketones (excluding diaryl/α,β-unsaturated/α-hetero) is 1. The van der Waals surface area contributed by atoms with Gasteiger partial charge in [0.2, 0.25) is 0 Å². The van der Waals surface area contributed by atoms with Gasteiger partial charge in [-0.2, -0.15) is 5.10 Å². The molecule has 0 aromatic carbocycles. The Kier molecular flexibility index (Phi) is 4.34. The summed E-state index contributed by atoms with van der Waals surface area (Å²) >= 11 is 7.58. The molecule has 0 radical (unpaired) electrons. The lowest BCUT2D eigenvalue weighted by Crippen LogP contribution is -2.10. The molecule has 19 heavy (non-hydrogen) atoms. The summed E-state index contributed by atoms with van der Waals surface area (Å²) in [5, 5.41) is 7.34. The van der Waals surface area contributed by atoms with Crippen LogP contribution in [-0.4, -0.2) is 20.5 Å². The fourth-order valence-electron chi connectivity index (χ4n) is 1.81. The van der Waals surface area contributed by atoms with Crippen LogP contribution in [0, 0.1) is 6.92 Å². The van der Waals surface area contributed by atoms with Gasteiger partial charge in [-0.3, -0.25) is 9.48 Å². The number of thiazole rings is 1. The highest BCUT2D eigenvalue weighted by atomic mass is 35.5. The minimum Gasteiger partial charge on any atom is -0.325 e. The maximum atomic E-state index is 12.2. The van der Waals surface area contributed by atoms with E-state index >= 15 is 0 Å². The van der Waals surface area contributed by atoms with E-state index in [0.29, 0.717) is 23.8 Å². The maximum absolute atomic E-state index is 12.2. The van der Waals surface area contributed by atoms with Crippen LogP contribution in [0.2, 0.25) is 5.02 Å². The zero-order valence-corrected chi connectivity index (χ0v) is 12.4. The molecule has 2 heterocycles. The molecular formula is C12H15ClN4OS. The van der Waals surface area contributed by atoms with Crippen LogP contribution in [0.4, 0.5) is 0 Å². The van der Waals surface area contributed by atoms with Gasteiger partial charge in [0.1, 0.15) is 10.7 Å². The molecule has 0 unspecified atom stereocenters. The van der Waals surface area contributed by atoms with Crippen LogP contribution < -0.4 is 5.73 Å². The van der Waals surface area contributed by atoms with Crippen molar-refractivity contribution in [2.45, 2.75) is 33.4 Å². The molecule has 2 aromatic heterocycles. The van der Waals surface area contributed by atoms with E-state index in [1.165, 1.54) is 11.3 Å². The lowest BCUT2D eigenvalue weighted by molar-refractivity contribution is 0.0986. The van der Waals surface area contributed by atoms with Crippen molar-refractivity contribution in [2.75, 3.05) is 0 Å². The molecule has 5 nitrogen and oxygen atoms in total. The Labute approximate surface area is 120 Å². The predicted octanol–water partition coefficient (Wildman–Crippen LogP) is 2.21. The SMILES string of the molecule is CCn1nc(C)c(Cl)c1CC(=O)c1csc(CN)n1. The summed E-state index contributed by atoms with van der Waals surface area (Å²) in [6, 6.07) is 0. The highest BCUT2D eigenvalue weighted by molar-refractivity contribution is 7.09. The minimum absolute atomic E-state index is 0.0625. The number of hydrogen-bond donors (Lipinski definition) is 1. The molecule has 0 atom stereocenters. The number of ketones is 1. The summed E-state index contributed by atoms with van der Waals surface area (Å²) in [4.78, 5) is 16.4. The Bertz CT molecular complexity index is 605. The van der Waals surface area contributed by atoms with Crippen LogP contribution >= 0.6 is 22.9 Å². The number of aryl methyl sites for hydroxylation is 2. The Balaban J connectivity index is 2.23. The van der Waals surface area contributed by atoms with E-state index in [0.717, 1.165) is 16.4 Å². The number of nitrogens with zero attached hydrogens (tertiary/aromatic N) is 3. The molecule has 0 aliphatic heterocycles. The zero-order chi connectivity index (χ0) is 14.0. The summed E-state index contributed by atoms with van der Waals surface area (Å²) in [6.07, 6.45) is 0.210. The molecule has 0 amide bonds. The average molecular weight is 299 g/mol. The first kappa shape index (κ1) is 14.2. The third-order valence-electron chi connectivity index (χ3n) is 2.79. The van der Waals surface area contributed by atoms with Crippen molar-refractivity contribution in [1.29, 1.82) is 0 Å². The minimum atomic E-state index is -0.0625. The van der Waals surface area contributed by atoms with E-state index in [2.05, 4.69) is 10.1 Å². The Morgan fingerprint density at radius 3 is 2.89 bits per heavy atom. The van der Waals surface area contributed by atoms with Gasteiger partial charge in [0.05, 0.1) is 22.8 Å². The zero-order valence-electron chi connectivity index (χ0n) is 10.8. The van der Waals surface area contributed by atoms with E-state index in [-0.39, 0.29) is 12.2 Å². The normalized spacial score (nSPS) is 10.9. The van der Waals surface area contributed by atoms with Crippen molar-refractivity contribution >= 4 is 28.7 Å². The molecule has 0 spiro atoms. The lowest BCUT2D eigenvalue weighted by atomic mass is 10.1. The van der Waals surface area contributed by atoms with Crippen LogP contribution in [0.3, 0.4) is 0 Å². The number of rotatable bonds is 5. The van der Waals surface area contributed by atoms with E-state index in [1.54, 1.807) is 10.1 Å². The van der Waals surface area contributed by atoms with Crippen molar-refractivity contribution in [3.8, 4) is 0 Å². The smallest absolute Gasteiger partial charge is 0.188 e. The average Bonchev–Trinajstić information content (AvgIpc) is 2.98. The van der Waals surface area contributed by atoms with Gasteiger partial charge in [0.15, 0.2) is 5.78 Å². The molecule has 7 heteroatoms. The summed E-state index contributed by atoms with van der Waals surface area (Å²) < 4.78 is 1.76. The highest BCUT2D eigenvalue weighted by Crippen LogP contribution is 2.22. The first-order valence-corrected chi connectivity index (χ1v) is 7.22. The van der Waals surface area contributed by atoms with E-state index < -0.39 is 0 Å². The van der Waals surface area contributed by atoms with E-state index in [9.17, 15) is 4.79 Å². The molecular weight excluding hydrogens is 284 g/mol. The van der Waals surface area contributed by atoms with Gasteiger partial charge < -0.3 is 5.73 Å². The van der Waals surface area contributed by atoms with Gasteiger partial charge in [0.25, 0.3) is 0 Å². The van der Waals surface area contributed by atoms with Crippen LogP contribution in [-0.2, 0) is 19.5 Å². The second-order valence-corrected chi connectivity index (χ2v) is 5.41. The Morgan fingerprint density at radius 1 is 1.58 bits per heavy atom. The first-order chi connectivity index (χ1) is 9.06. The fourth-order valence-corrected chi connectivity index (χ4v) is 2.69. The molecule has 0 aliphatic rings. The third-order valence-corrected chi connectivity index (χ3v) is 4.16. The quantitative estimate of drug-likeness (QED) is 0.859. The second kappa shape index (κ2) is 5.81. The molecule has 2 N–H and O–H groups in total. The monoisotopic (exact) mass is 298 g/mol. The van der Waals surface area contributed by atoms with Crippen LogP contribution in [0.1, 0.15) is 33.8 Å². The van der Waals surface area contributed by atoms with Crippen molar-refractivity contribution < 1.29 is 4.79 Å². The predicted molar refractivity (Wildman–Crippen MR) is 75.7 cm³/mol. The molecule has 2 rings (SSSR count). The largest absolute Gasteiger partial charge is 0.325 e.